The molecule has 0 bridgehead atoms. The van der Waals surface area contributed by atoms with Crippen LogP contribution in [0.2, 0.25) is 0 Å². The molecule has 94 valence electrons. The molecule has 0 aromatic carbocycles. The molecule has 17 heavy (non-hydrogen) atoms. The van der Waals surface area contributed by atoms with E-state index in [0.29, 0.717) is 18.2 Å². The maximum absolute atomic E-state index is 11.3. The van der Waals surface area contributed by atoms with Crippen molar-refractivity contribution in [2.75, 3.05) is 19.0 Å². The Morgan fingerprint density at radius 3 is 3.00 bits per heavy atom. The number of nitrogens with one attached hydrogen (secondary N) is 1. The van der Waals surface area contributed by atoms with E-state index in [1.807, 2.05) is 13.0 Å². The third-order valence-corrected chi connectivity index (χ3v) is 2.14. The van der Waals surface area contributed by atoms with Gasteiger partial charge in [-0.1, -0.05) is 6.92 Å². The average Bonchev–Trinajstić information content (AvgIpc) is 2.36. The van der Waals surface area contributed by atoms with E-state index in [1.165, 1.54) is 7.11 Å². The summed E-state index contributed by atoms with van der Waals surface area (Å²) in [6, 6.07) is 3.15. The summed E-state index contributed by atoms with van der Waals surface area (Å²) in [7, 11) is 1.35. The lowest BCUT2D eigenvalue weighted by Crippen LogP contribution is -2.27. The van der Waals surface area contributed by atoms with Crippen molar-refractivity contribution in [1.29, 1.82) is 0 Å². The molecule has 5 heteroatoms. The van der Waals surface area contributed by atoms with Gasteiger partial charge in [-0.05, 0) is 25.5 Å². The van der Waals surface area contributed by atoms with Crippen molar-refractivity contribution in [2.24, 2.45) is 0 Å². The van der Waals surface area contributed by atoms with Crippen LogP contribution in [-0.2, 0) is 9.53 Å². The minimum Gasteiger partial charge on any atom is -0.490 e. The maximum atomic E-state index is 11.3. The monoisotopic (exact) mass is 238 g/mol. The second kappa shape index (κ2) is 6.73. The van der Waals surface area contributed by atoms with Crippen LogP contribution in [0.1, 0.15) is 20.3 Å². The van der Waals surface area contributed by atoms with E-state index in [4.69, 9.17) is 4.74 Å². The van der Waals surface area contributed by atoms with Crippen molar-refractivity contribution in [3.63, 3.8) is 0 Å². The summed E-state index contributed by atoms with van der Waals surface area (Å²) in [6.07, 6.45) is 2.56. The van der Waals surface area contributed by atoms with E-state index >= 15 is 0 Å². The highest BCUT2D eigenvalue weighted by Gasteiger charge is 2.15. The highest BCUT2D eigenvalue weighted by molar-refractivity contribution is 5.78. The molecule has 1 unspecified atom stereocenters. The maximum Gasteiger partial charge on any atom is 0.328 e. The summed E-state index contributed by atoms with van der Waals surface area (Å²) < 4.78 is 10.2. The molecule has 1 heterocycles. The van der Waals surface area contributed by atoms with E-state index in [-0.39, 0.29) is 5.97 Å². The van der Waals surface area contributed by atoms with Gasteiger partial charge in [-0.25, -0.2) is 9.78 Å². The Balaban J connectivity index is 2.72. The van der Waals surface area contributed by atoms with Crippen LogP contribution in [-0.4, -0.2) is 30.7 Å². The second-order valence-corrected chi connectivity index (χ2v) is 3.59. The number of aromatic nitrogens is 1. The molecular formula is C12H18N2O3. The Labute approximate surface area is 101 Å². The zero-order valence-electron chi connectivity index (χ0n) is 10.4. The third kappa shape index (κ3) is 3.94. The summed E-state index contributed by atoms with van der Waals surface area (Å²) in [4.78, 5) is 15.4. The Bertz CT molecular complexity index is 369. The first-order chi connectivity index (χ1) is 8.19. The Morgan fingerprint density at radius 2 is 2.35 bits per heavy atom. The second-order valence-electron chi connectivity index (χ2n) is 3.59. The molecule has 0 saturated carbocycles. The number of hydrogen-bond donors (Lipinski definition) is 1. The number of pyridine rings is 1. The predicted octanol–water partition coefficient (Wildman–Crippen LogP) is 1.84. The van der Waals surface area contributed by atoms with Gasteiger partial charge in [0.15, 0.2) is 11.6 Å². The normalized spacial score (nSPS) is 11.7. The number of ether oxygens (including phenoxy) is 2. The van der Waals surface area contributed by atoms with Gasteiger partial charge in [0.05, 0.1) is 13.7 Å². The van der Waals surface area contributed by atoms with E-state index in [0.717, 1.165) is 6.42 Å². The third-order valence-electron chi connectivity index (χ3n) is 2.14. The smallest absolute Gasteiger partial charge is 0.328 e. The molecule has 0 aliphatic rings. The Morgan fingerprint density at radius 1 is 1.59 bits per heavy atom. The van der Waals surface area contributed by atoms with Gasteiger partial charge in [0.25, 0.3) is 0 Å². The van der Waals surface area contributed by atoms with Crippen LogP contribution in [0.4, 0.5) is 5.82 Å². The minimum atomic E-state index is -0.459. The molecule has 1 aromatic heterocycles. The number of carbonyl (C=O) groups is 1. The minimum absolute atomic E-state index is 0.336. The fourth-order valence-corrected chi connectivity index (χ4v) is 1.27. The van der Waals surface area contributed by atoms with Gasteiger partial charge in [0.1, 0.15) is 6.04 Å². The number of rotatable bonds is 6. The van der Waals surface area contributed by atoms with Gasteiger partial charge < -0.3 is 14.8 Å². The standard InChI is InChI=1S/C12H18N2O3/c1-4-8-17-10-6-5-7-13-11(10)14-9(2)12(15)16-3/h5-7,9H,4,8H2,1-3H3,(H,13,14). The molecule has 0 amide bonds. The first-order valence-electron chi connectivity index (χ1n) is 5.61. The molecule has 1 N–H and O–H groups in total. The van der Waals surface area contributed by atoms with Gasteiger partial charge in [0, 0.05) is 6.20 Å². The molecule has 0 aliphatic carbocycles. The fourth-order valence-electron chi connectivity index (χ4n) is 1.27. The lowest BCUT2D eigenvalue weighted by atomic mass is 10.3. The molecule has 0 aliphatic heterocycles. The molecular weight excluding hydrogens is 220 g/mol. The van der Waals surface area contributed by atoms with E-state index < -0.39 is 6.04 Å². The summed E-state index contributed by atoms with van der Waals surface area (Å²) in [5, 5.41) is 2.96. The van der Waals surface area contributed by atoms with Crippen LogP contribution < -0.4 is 10.1 Å². The van der Waals surface area contributed by atoms with Gasteiger partial charge in [-0.15, -0.1) is 0 Å². The van der Waals surface area contributed by atoms with Crippen LogP contribution in [0, 0.1) is 0 Å². The zero-order chi connectivity index (χ0) is 12.7. The first-order valence-corrected chi connectivity index (χ1v) is 5.61. The number of anilines is 1. The summed E-state index contributed by atoms with van der Waals surface area (Å²) in [5.74, 6) is 0.862. The Kier molecular flexibility index (Phi) is 5.26. The van der Waals surface area contributed by atoms with Crippen LogP contribution >= 0.6 is 0 Å². The number of carbonyl (C=O) groups excluding carboxylic acids is 1. The number of hydrogen-bond acceptors (Lipinski definition) is 5. The highest BCUT2D eigenvalue weighted by atomic mass is 16.5. The van der Waals surface area contributed by atoms with Gasteiger partial charge in [0.2, 0.25) is 0 Å². The average molecular weight is 238 g/mol. The van der Waals surface area contributed by atoms with Crippen molar-refractivity contribution in [3.8, 4) is 5.75 Å². The lowest BCUT2D eigenvalue weighted by Gasteiger charge is -2.15. The lowest BCUT2D eigenvalue weighted by molar-refractivity contribution is -0.141. The number of nitrogens with zero attached hydrogens (tertiary/aromatic N) is 1. The van der Waals surface area contributed by atoms with Gasteiger partial charge >= 0.3 is 5.97 Å². The largest absolute Gasteiger partial charge is 0.490 e. The van der Waals surface area contributed by atoms with Crippen molar-refractivity contribution < 1.29 is 14.3 Å². The summed E-state index contributed by atoms with van der Waals surface area (Å²) >= 11 is 0. The predicted molar refractivity (Wildman–Crippen MR) is 65.1 cm³/mol. The van der Waals surface area contributed by atoms with E-state index in [2.05, 4.69) is 15.0 Å². The quantitative estimate of drug-likeness (QED) is 0.766. The van der Waals surface area contributed by atoms with Crippen LogP contribution in [0.5, 0.6) is 5.75 Å². The van der Waals surface area contributed by atoms with Crippen LogP contribution in [0.25, 0.3) is 0 Å². The molecule has 0 saturated heterocycles. The molecule has 0 spiro atoms. The van der Waals surface area contributed by atoms with Crippen molar-refractivity contribution in [3.05, 3.63) is 18.3 Å². The van der Waals surface area contributed by atoms with Crippen molar-refractivity contribution in [1.82, 2.24) is 4.98 Å². The highest BCUT2D eigenvalue weighted by Crippen LogP contribution is 2.21. The van der Waals surface area contributed by atoms with E-state index in [9.17, 15) is 4.79 Å². The molecule has 1 atom stereocenters. The fraction of sp³-hybridized carbons (Fsp3) is 0.500. The molecule has 5 nitrogen and oxygen atoms in total. The number of esters is 1. The summed E-state index contributed by atoms with van der Waals surface area (Å²) in [6.45, 7) is 4.36. The van der Waals surface area contributed by atoms with Crippen LogP contribution in [0.15, 0.2) is 18.3 Å². The number of methoxy groups -OCH3 is 1. The van der Waals surface area contributed by atoms with Gasteiger partial charge in [-0.2, -0.15) is 0 Å². The molecule has 1 aromatic rings. The van der Waals surface area contributed by atoms with Crippen molar-refractivity contribution >= 4 is 11.8 Å². The van der Waals surface area contributed by atoms with Crippen molar-refractivity contribution in [2.45, 2.75) is 26.3 Å². The SMILES string of the molecule is CCCOc1cccnc1NC(C)C(=O)OC. The first kappa shape index (κ1) is 13.3. The summed E-state index contributed by atoms with van der Waals surface area (Å²) in [5.41, 5.74) is 0. The topological polar surface area (TPSA) is 60.5 Å². The molecule has 0 radical (unpaired) electrons. The zero-order valence-corrected chi connectivity index (χ0v) is 10.4. The van der Waals surface area contributed by atoms with E-state index in [1.54, 1.807) is 19.2 Å². The molecule has 1 rings (SSSR count). The Hall–Kier alpha value is -1.78. The molecule has 0 fully saturated rings. The van der Waals surface area contributed by atoms with Gasteiger partial charge in [-0.3, -0.25) is 0 Å². The van der Waals surface area contributed by atoms with Crippen LogP contribution in [0.3, 0.4) is 0 Å².